The van der Waals surface area contributed by atoms with Crippen LogP contribution in [0.2, 0.25) is 6.32 Å². The van der Waals surface area contributed by atoms with Crippen molar-refractivity contribution in [2.45, 2.75) is 50.5 Å². The van der Waals surface area contributed by atoms with Gasteiger partial charge in [0.1, 0.15) is 5.54 Å². The van der Waals surface area contributed by atoms with Gasteiger partial charge in [0.25, 0.3) is 0 Å². The molecular formula is C13H26BN3O5. The van der Waals surface area contributed by atoms with Crippen molar-refractivity contribution in [2.75, 3.05) is 6.54 Å². The van der Waals surface area contributed by atoms with Gasteiger partial charge in [-0.25, -0.2) is 0 Å². The van der Waals surface area contributed by atoms with E-state index in [1.807, 2.05) is 0 Å². The van der Waals surface area contributed by atoms with Gasteiger partial charge in [-0.2, -0.15) is 0 Å². The number of carboxylic acid groups (broad SMARTS) is 1. The minimum atomic E-state index is -1.42. The largest absolute Gasteiger partial charge is 0.480 e. The third kappa shape index (κ3) is 4.94. The molecule has 1 aliphatic carbocycles. The van der Waals surface area contributed by atoms with Crippen LogP contribution in [0.5, 0.6) is 0 Å². The second-order valence-corrected chi connectivity index (χ2v) is 6.28. The Morgan fingerprint density at radius 3 is 2.55 bits per heavy atom. The lowest BCUT2D eigenvalue weighted by Crippen LogP contribution is -2.60. The Bertz CT molecular complexity index is 407. The fourth-order valence-electron chi connectivity index (χ4n) is 3.00. The third-order valence-corrected chi connectivity index (χ3v) is 4.45. The summed E-state index contributed by atoms with van der Waals surface area (Å²) in [7, 11) is -1.39. The Hall–Kier alpha value is -1.16. The molecule has 4 atom stereocenters. The molecule has 8 N–H and O–H groups in total. The van der Waals surface area contributed by atoms with Crippen LogP contribution in [0.3, 0.4) is 0 Å². The number of carbonyl (C=O) groups excluding carboxylic acids is 1. The molecule has 1 saturated carbocycles. The molecule has 8 nitrogen and oxygen atoms in total. The van der Waals surface area contributed by atoms with Gasteiger partial charge in [-0.05, 0) is 38.4 Å². The summed E-state index contributed by atoms with van der Waals surface area (Å²) in [4.78, 5) is 23.1. The molecule has 22 heavy (non-hydrogen) atoms. The molecule has 0 aromatic carbocycles. The maximum absolute atomic E-state index is 11.6. The van der Waals surface area contributed by atoms with Gasteiger partial charge < -0.3 is 31.9 Å². The quantitative estimate of drug-likeness (QED) is 0.312. The first-order chi connectivity index (χ1) is 10.2. The highest BCUT2D eigenvalue weighted by Gasteiger charge is 2.46. The molecule has 126 valence electrons. The van der Waals surface area contributed by atoms with Crippen LogP contribution in [0.15, 0.2) is 0 Å². The molecule has 0 radical (unpaired) electrons. The van der Waals surface area contributed by atoms with E-state index in [1.165, 1.54) is 0 Å². The van der Waals surface area contributed by atoms with Gasteiger partial charge in [0.05, 0.1) is 6.04 Å². The number of nitrogens with two attached hydrogens (primary N) is 2. The number of hydrogen-bond acceptors (Lipinski definition) is 6. The Morgan fingerprint density at radius 1 is 1.41 bits per heavy atom. The van der Waals surface area contributed by atoms with Crippen molar-refractivity contribution in [3.05, 3.63) is 0 Å². The summed E-state index contributed by atoms with van der Waals surface area (Å²) in [5.41, 5.74) is 10.1. The number of amides is 1. The first-order valence-electron chi connectivity index (χ1n) is 7.58. The Labute approximate surface area is 130 Å². The molecule has 0 aromatic heterocycles. The monoisotopic (exact) mass is 315 g/mol. The summed E-state index contributed by atoms with van der Waals surface area (Å²) < 4.78 is 0. The highest BCUT2D eigenvalue weighted by Crippen LogP contribution is 2.37. The molecule has 0 aromatic rings. The van der Waals surface area contributed by atoms with E-state index < -0.39 is 24.7 Å². The summed E-state index contributed by atoms with van der Waals surface area (Å²) in [5.74, 6) is -1.77. The molecule has 9 heteroatoms. The lowest BCUT2D eigenvalue weighted by atomic mass is 9.66. The van der Waals surface area contributed by atoms with E-state index in [0.717, 1.165) is 6.42 Å². The van der Waals surface area contributed by atoms with Crippen molar-refractivity contribution in [1.29, 1.82) is 0 Å². The van der Waals surface area contributed by atoms with E-state index in [0.29, 0.717) is 12.8 Å². The minimum absolute atomic E-state index is 0.0308. The van der Waals surface area contributed by atoms with E-state index >= 15 is 0 Å². The van der Waals surface area contributed by atoms with E-state index in [9.17, 15) is 14.7 Å². The Morgan fingerprint density at radius 2 is 2.05 bits per heavy atom. The van der Waals surface area contributed by atoms with Crippen LogP contribution in [-0.4, -0.2) is 52.3 Å². The molecule has 1 aliphatic rings. The van der Waals surface area contributed by atoms with Gasteiger partial charge in [-0.3, -0.25) is 9.59 Å². The van der Waals surface area contributed by atoms with E-state index in [4.69, 9.17) is 21.5 Å². The molecule has 0 unspecified atom stereocenters. The molecule has 1 fully saturated rings. The van der Waals surface area contributed by atoms with Gasteiger partial charge in [0.2, 0.25) is 5.91 Å². The van der Waals surface area contributed by atoms with Crippen molar-refractivity contribution in [3.63, 3.8) is 0 Å². The van der Waals surface area contributed by atoms with Gasteiger partial charge >= 0.3 is 13.1 Å². The number of aliphatic carboxylic acids is 1. The van der Waals surface area contributed by atoms with Crippen LogP contribution < -0.4 is 16.8 Å². The second kappa shape index (κ2) is 7.91. The zero-order valence-corrected chi connectivity index (χ0v) is 12.9. The first kappa shape index (κ1) is 18.9. The standard InChI is InChI=1S/C13H26BN3O5/c1-8(15)11(18)17-7-10-3-2-9(4-5-14(21)22)6-13(10,16)12(19)20/h8-10,21-22H,2-7,15-16H2,1H3,(H,17,18)(H,19,20)/t8-,9+,10+,13-/m1/s1. The molecule has 0 heterocycles. The normalized spacial score (nSPS) is 29.7. The summed E-state index contributed by atoms with van der Waals surface area (Å²) in [6.07, 6.45) is 2.29. The average molecular weight is 315 g/mol. The molecule has 0 bridgehead atoms. The predicted octanol–water partition coefficient (Wildman–Crippen LogP) is -1.49. The topological polar surface area (TPSA) is 159 Å². The number of carbonyl (C=O) groups is 2. The summed E-state index contributed by atoms with van der Waals surface area (Å²) >= 11 is 0. The Kier molecular flexibility index (Phi) is 6.79. The van der Waals surface area contributed by atoms with Gasteiger partial charge in [-0.15, -0.1) is 0 Å². The molecule has 1 rings (SSSR count). The number of rotatable bonds is 7. The SMILES string of the molecule is C[C@@H](N)C(=O)NC[C@@H]1CC[C@@H](CCB(O)O)C[C@]1(N)C(=O)O. The maximum atomic E-state index is 11.6. The highest BCUT2D eigenvalue weighted by atomic mass is 16.4. The number of carboxylic acids is 1. The van der Waals surface area contributed by atoms with Crippen molar-refractivity contribution < 1.29 is 24.7 Å². The Balaban J connectivity index is 2.67. The summed E-state index contributed by atoms with van der Waals surface area (Å²) in [6.45, 7) is 1.73. The highest BCUT2D eigenvalue weighted by molar-refractivity contribution is 6.40. The van der Waals surface area contributed by atoms with Gasteiger partial charge in [-0.1, -0.05) is 6.42 Å². The van der Waals surface area contributed by atoms with Crippen LogP contribution in [0.25, 0.3) is 0 Å². The van der Waals surface area contributed by atoms with Crippen LogP contribution in [0.4, 0.5) is 0 Å². The van der Waals surface area contributed by atoms with Crippen LogP contribution >= 0.6 is 0 Å². The fourth-order valence-corrected chi connectivity index (χ4v) is 3.00. The summed E-state index contributed by atoms with van der Waals surface area (Å²) in [5, 5.41) is 30.0. The fraction of sp³-hybridized carbons (Fsp3) is 0.846. The van der Waals surface area contributed by atoms with Crippen molar-refractivity contribution >= 4 is 19.0 Å². The predicted molar refractivity (Wildman–Crippen MR) is 81.7 cm³/mol. The van der Waals surface area contributed by atoms with Gasteiger partial charge in [0.15, 0.2) is 0 Å². The maximum Gasteiger partial charge on any atom is 0.451 e. The molecule has 1 amide bonds. The molecule has 0 aliphatic heterocycles. The third-order valence-electron chi connectivity index (χ3n) is 4.45. The average Bonchev–Trinajstić information content (AvgIpc) is 2.43. The molecular weight excluding hydrogens is 289 g/mol. The number of nitrogens with one attached hydrogen (secondary N) is 1. The van der Waals surface area contributed by atoms with E-state index in [1.54, 1.807) is 6.92 Å². The molecule has 0 spiro atoms. The van der Waals surface area contributed by atoms with Crippen molar-refractivity contribution in [1.82, 2.24) is 5.32 Å². The zero-order valence-electron chi connectivity index (χ0n) is 12.9. The second-order valence-electron chi connectivity index (χ2n) is 6.28. The minimum Gasteiger partial charge on any atom is -0.480 e. The van der Waals surface area contributed by atoms with Crippen molar-refractivity contribution in [2.24, 2.45) is 23.3 Å². The van der Waals surface area contributed by atoms with Crippen LogP contribution in [-0.2, 0) is 9.59 Å². The van der Waals surface area contributed by atoms with Gasteiger partial charge in [0, 0.05) is 12.5 Å². The van der Waals surface area contributed by atoms with E-state index in [2.05, 4.69) is 5.32 Å². The van der Waals surface area contributed by atoms with Crippen LogP contribution in [0.1, 0.15) is 32.6 Å². The molecule has 0 saturated heterocycles. The van der Waals surface area contributed by atoms with Crippen molar-refractivity contribution in [3.8, 4) is 0 Å². The smallest absolute Gasteiger partial charge is 0.451 e. The number of hydrogen-bond donors (Lipinski definition) is 6. The lowest BCUT2D eigenvalue weighted by Gasteiger charge is -2.41. The van der Waals surface area contributed by atoms with E-state index in [-0.39, 0.29) is 37.0 Å². The lowest BCUT2D eigenvalue weighted by molar-refractivity contribution is -0.148. The van der Waals surface area contributed by atoms with Crippen LogP contribution in [0, 0.1) is 11.8 Å². The summed E-state index contributed by atoms with van der Waals surface area (Å²) in [6, 6.07) is -0.653. The first-order valence-corrected chi connectivity index (χ1v) is 7.58. The zero-order chi connectivity index (χ0) is 16.9.